The number of hydrogen-bond acceptors (Lipinski definition) is 8. The minimum absolute atomic E-state index is 0.0130. The van der Waals surface area contributed by atoms with E-state index < -0.39 is 5.60 Å². The molecule has 2 aromatic rings. The Labute approximate surface area is 259 Å². The van der Waals surface area contributed by atoms with Crippen LogP contribution in [0.5, 0.6) is 0 Å². The summed E-state index contributed by atoms with van der Waals surface area (Å²) in [6.07, 6.45) is 0.851. The summed E-state index contributed by atoms with van der Waals surface area (Å²) in [5.41, 5.74) is 2.18. The van der Waals surface area contributed by atoms with Crippen molar-refractivity contribution in [3.05, 3.63) is 59.1 Å². The molecule has 1 aliphatic heterocycles. The second-order valence-corrected chi connectivity index (χ2v) is 11.8. The molecule has 0 saturated heterocycles. The molecule has 0 saturated carbocycles. The molecule has 0 aromatic heterocycles. The first kappa shape index (κ1) is 34.3. The number of hydrogen-bond donors (Lipinski definition) is 1. The van der Waals surface area contributed by atoms with Crippen LogP contribution in [0, 0.1) is 0 Å². The van der Waals surface area contributed by atoms with E-state index in [1.165, 1.54) is 11.8 Å². The lowest BCUT2D eigenvalue weighted by molar-refractivity contribution is -0.156. The fourth-order valence-electron chi connectivity index (χ4n) is 4.75. The lowest BCUT2D eigenvalue weighted by atomic mass is 9.91. The molecule has 3 rings (SSSR count). The van der Waals surface area contributed by atoms with Gasteiger partial charge in [0, 0.05) is 23.7 Å². The van der Waals surface area contributed by atoms with E-state index in [4.69, 9.17) is 30.5 Å². The maximum Gasteiger partial charge on any atom is 0.331 e. The third-order valence-electron chi connectivity index (χ3n) is 6.67. The number of benzene rings is 2. The van der Waals surface area contributed by atoms with Gasteiger partial charge in [0.2, 0.25) is 5.91 Å². The Kier molecular flexibility index (Phi) is 13.3. The number of esters is 1. The van der Waals surface area contributed by atoms with Gasteiger partial charge in [-0.15, -0.1) is 0 Å². The van der Waals surface area contributed by atoms with E-state index in [-0.39, 0.29) is 56.2 Å². The highest BCUT2D eigenvalue weighted by molar-refractivity contribution is 6.30. The Morgan fingerprint density at radius 3 is 2.16 bits per heavy atom. The van der Waals surface area contributed by atoms with E-state index >= 15 is 0 Å². The van der Waals surface area contributed by atoms with Crippen molar-refractivity contribution in [3.8, 4) is 0 Å². The highest BCUT2D eigenvalue weighted by Crippen LogP contribution is 2.39. The van der Waals surface area contributed by atoms with Crippen LogP contribution < -0.4 is 10.2 Å². The number of halogens is 1. The van der Waals surface area contributed by atoms with Crippen molar-refractivity contribution >= 4 is 40.9 Å². The molecule has 11 heteroatoms. The van der Waals surface area contributed by atoms with Crippen molar-refractivity contribution in [1.29, 1.82) is 0 Å². The summed E-state index contributed by atoms with van der Waals surface area (Å²) in [6.45, 7) is 10.8. The molecule has 236 valence electrons. The van der Waals surface area contributed by atoms with Crippen molar-refractivity contribution in [2.45, 2.75) is 65.1 Å². The number of ether oxygens (including phenoxy) is 4. The number of anilines is 2. The fraction of sp³-hybridized carbons (Fsp3) is 0.531. The third-order valence-corrected chi connectivity index (χ3v) is 6.92. The molecule has 2 aromatic carbocycles. The van der Waals surface area contributed by atoms with Crippen molar-refractivity contribution in [2.75, 3.05) is 56.4 Å². The number of imide groups is 1. The monoisotopic (exact) mass is 617 g/mol. The lowest BCUT2D eigenvalue weighted by Crippen LogP contribution is -2.52. The first-order valence-corrected chi connectivity index (χ1v) is 15.0. The largest absolute Gasteiger partial charge is 0.460 e. The molecule has 2 atom stereocenters. The molecule has 3 amide bonds. The highest BCUT2D eigenvalue weighted by atomic mass is 35.5. The average Bonchev–Trinajstić information content (AvgIpc) is 2.93. The van der Waals surface area contributed by atoms with Crippen molar-refractivity contribution < 1.29 is 33.3 Å². The van der Waals surface area contributed by atoms with Crippen LogP contribution in [0.4, 0.5) is 16.2 Å². The quantitative estimate of drug-likeness (QED) is 0.208. The van der Waals surface area contributed by atoms with Crippen molar-refractivity contribution in [1.82, 2.24) is 4.90 Å². The summed E-state index contributed by atoms with van der Waals surface area (Å²) in [4.78, 5) is 40.8. The van der Waals surface area contributed by atoms with Crippen LogP contribution >= 0.6 is 11.6 Å². The number of carbonyl (C=O) groups is 3. The molecule has 1 N–H and O–H groups in total. The summed E-state index contributed by atoms with van der Waals surface area (Å²) >= 11 is 6.04. The van der Waals surface area contributed by atoms with Gasteiger partial charge in [-0.3, -0.25) is 19.4 Å². The Morgan fingerprint density at radius 1 is 0.930 bits per heavy atom. The van der Waals surface area contributed by atoms with E-state index in [1.54, 1.807) is 4.90 Å². The van der Waals surface area contributed by atoms with Gasteiger partial charge in [0.1, 0.15) is 5.60 Å². The van der Waals surface area contributed by atoms with Gasteiger partial charge < -0.3 is 24.3 Å². The second kappa shape index (κ2) is 16.6. The third kappa shape index (κ3) is 11.1. The maximum atomic E-state index is 13.7. The topological polar surface area (TPSA) is 107 Å². The number of rotatable bonds is 14. The number of fused-ring (bicyclic) bond motifs is 1. The van der Waals surface area contributed by atoms with Crippen molar-refractivity contribution in [2.24, 2.45) is 0 Å². The van der Waals surface area contributed by atoms with Gasteiger partial charge in [-0.1, -0.05) is 29.8 Å². The SMILES string of the molecule is CC(=O)N(CCOCCOCCOCCC(=O)OC(C)(C)C)C(=O)N1c2ccccc2C(Nc2ccc(Cl)cc2)CC1C. The van der Waals surface area contributed by atoms with Gasteiger partial charge in [0.15, 0.2) is 0 Å². The number of amides is 3. The molecular weight excluding hydrogens is 574 g/mol. The number of nitrogens with one attached hydrogen (secondary N) is 1. The molecule has 0 spiro atoms. The predicted octanol–water partition coefficient (Wildman–Crippen LogP) is 5.84. The van der Waals surface area contributed by atoms with Crippen LogP contribution in [0.3, 0.4) is 0 Å². The summed E-state index contributed by atoms with van der Waals surface area (Å²) in [6, 6.07) is 14.7. The first-order valence-electron chi connectivity index (χ1n) is 14.6. The van der Waals surface area contributed by atoms with Crippen LogP contribution in [0.25, 0.3) is 0 Å². The minimum atomic E-state index is -0.507. The van der Waals surface area contributed by atoms with E-state index in [2.05, 4.69) is 5.32 Å². The second-order valence-electron chi connectivity index (χ2n) is 11.3. The number of urea groups is 1. The fourth-order valence-corrected chi connectivity index (χ4v) is 4.88. The summed E-state index contributed by atoms with van der Waals surface area (Å²) in [7, 11) is 0. The van der Waals surface area contributed by atoms with Gasteiger partial charge in [0.25, 0.3) is 0 Å². The van der Waals surface area contributed by atoms with E-state index in [9.17, 15) is 14.4 Å². The van der Waals surface area contributed by atoms with E-state index in [1.807, 2.05) is 76.2 Å². The number of nitrogens with zero attached hydrogens (tertiary/aromatic N) is 2. The number of para-hydroxylation sites is 1. The van der Waals surface area contributed by atoms with Gasteiger partial charge in [-0.25, -0.2) is 4.79 Å². The Hall–Kier alpha value is -3.18. The van der Waals surface area contributed by atoms with E-state index in [0.29, 0.717) is 37.9 Å². The molecule has 1 aliphatic rings. The van der Waals surface area contributed by atoms with E-state index in [0.717, 1.165) is 16.9 Å². The molecule has 1 heterocycles. The van der Waals surface area contributed by atoms with Gasteiger partial charge in [-0.2, -0.15) is 0 Å². The Bertz CT molecular complexity index is 1200. The molecule has 0 aliphatic carbocycles. The Balaban J connectivity index is 1.43. The average molecular weight is 618 g/mol. The molecule has 10 nitrogen and oxygen atoms in total. The Morgan fingerprint density at radius 2 is 1.53 bits per heavy atom. The molecule has 0 bridgehead atoms. The zero-order valence-electron chi connectivity index (χ0n) is 25.8. The predicted molar refractivity (Wildman–Crippen MR) is 167 cm³/mol. The van der Waals surface area contributed by atoms with Crippen LogP contribution in [-0.2, 0) is 28.5 Å². The van der Waals surface area contributed by atoms with Gasteiger partial charge in [-0.05, 0) is 70.0 Å². The molecule has 0 radical (unpaired) electrons. The van der Waals surface area contributed by atoms with Crippen molar-refractivity contribution in [3.63, 3.8) is 0 Å². The van der Waals surface area contributed by atoms with Gasteiger partial charge in [0.05, 0.1) is 64.3 Å². The molecule has 43 heavy (non-hydrogen) atoms. The standard InChI is InChI=1S/C32H44ClN3O7/c1-23-22-28(34-26-12-10-25(33)11-13-26)27-8-6-7-9-29(27)36(23)31(39)35(24(2)37)15-17-41-19-21-42-20-18-40-16-14-30(38)43-32(3,4)5/h6-13,23,28,34H,14-22H2,1-5H3. The summed E-state index contributed by atoms with van der Waals surface area (Å²) in [5, 5.41) is 4.22. The smallest absolute Gasteiger partial charge is 0.331 e. The van der Waals surface area contributed by atoms with Crippen LogP contribution in [-0.4, -0.2) is 80.6 Å². The van der Waals surface area contributed by atoms with Gasteiger partial charge >= 0.3 is 12.0 Å². The summed E-state index contributed by atoms with van der Waals surface area (Å²) in [5.74, 6) is -0.645. The van der Waals surface area contributed by atoms with Crippen LogP contribution in [0.2, 0.25) is 5.02 Å². The lowest BCUT2D eigenvalue weighted by Gasteiger charge is -2.41. The maximum absolute atomic E-state index is 13.7. The normalized spacial score (nSPS) is 16.4. The number of carbonyl (C=O) groups excluding carboxylic acids is 3. The highest BCUT2D eigenvalue weighted by Gasteiger charge is 2.36. The zero-order chi connectivity index (χ0) is 31.4. The molecular formula is C32H44ClN3O7. The first-order chi connectivity index (χ1) is 20.5. The minimum Gasteiger partial charge on any atom is -0.460 e. The zero-order valence-corrected chi connectivity index (χ0v) is 26.5. The van der Waals surface area contributed by atoms with Crippen LogP contribution in [0.1, 0.15) is 59.1 Å². The molecule has 2 unspecified atom stereocenters. The van der Waals surface area contributed by atoms with Crippen LogP contribution in [0.15, 0.2) is 48.5 Å². The summed E-state index contributed by atoms with van der Waals surface area (Å²) < 4.78 is 21.8. The molecule has 0 fully saturated rings.